The van der Waals surface area contributed by atoms with Crippen LogP contribution >= 0.6 is 0 Å². The Morgan fingerprint density at radius 1 is 1.00 bits per heavy atom. The van der Waals surface area contributed by atoms with Crippen molar-refractivity contribution in [3.8, 4) is 0 Å². The molecule has 2 fully saturated rings. The number of piperazine rings is 1. The molecule has 0 aliphatic carbocycles. The van der Waals surface area contributed by atoms with E-state index in [0.717, 1.165) is 17.8 Å². The highest BCUT2D eigenvalue weighted by molar-refractivity contribution is 5.97. The summed E-state index contributed by atoms with van der Waals surface area (Å²) in [7, 11) is 1.89. The van der Waals surface area contributed by atoms with Crippen LogP contribution in [0.15, 0.2) is 48.5 Å². The standard InChI is InChI=1S/C21H21F2N3O2.C2HF3O2/c1-24-12-19(27)26(16-5-3-2-4-6-16)14-21(24)9-10-25(13-21)20(28)15-7-8-17(22)18(23)11-15;3-2(4,5)1(6)7/h2-8,11H,9-10,12-14H2,1H3;(H,6,7). The van der Waals surface area contributed by atoms with Gasteiger partial charge in [0.15, 0.2) is 11.6 Å². The molecule has 1 spiro atoms. The molecule has 2 heterocycles. The molecular weight excluding hydrogens is 477 g/mol. The number of benzene rings is 2. The number of likely N-dealkylation sites (N-methyl/N-ethyl adjacent to an activating group) is 1. The molecule has 1 N–H and O–H groups in total. The Morgan fingerprint density at radius 2 is 1.63 bits per heavy atom. The predicted molar refractivity (Wildman–Crippen MR) is 115 cm³/mol. The third-order valence-electron chi connectivity index (χ3n) is 6.03. The topological polar surface area (TPSA) is 81.2 Å². The van der Waals surface area contributed by atoms with Gasteiger partial charge in [-0.15, -0.1) is 0 Å². The minimum atomic E-state index is -5.08. The van der Waals surface area contributed by atoms with Crippen molar-refractivity contribution in [1.29, 1.82) is 0 Å². The SMILES string of the molecule is CN1CC(=O)N(c2ccccc2)CC12CCN(C(=O)c1ccc(F)c(F)c1)C2.O=C(O)C(F)(F)F. The zero-order valence-electron chi connectivity index (χ0n) is 18.6. The van der Waals surface area contributed by atoms with Crippen LogP contribution < -0.4 is 4.90 Å². The molecule has 2 saturated heterocycles. The highest BCUT2D eigenvalue weighted by Crippen LogP contribution is 2.34. The molecule has 0 bridgehead atoms. The van der Waals surface area contributed by atoms with Crippen LogP contribution in [0.2, 0.25) is 0 Å². The van der Waals surface area contributed by atoms with Crippen LogP contribution in [-0.4, -0.2) is 77.6 Å². The molecule has 0 saturated carbocycles. The Hall–Kier alpha value is -3.54. The molecule has 12 heteroatoms. The van der Waals surface area contributed by atoms with Gasteiger partial charge >= 0.3 is 12.1 Å². The highest BCUT2D eigenvalue weighted by Gasteiger charge is 2.48. The number of aliphatic carboxylic acids is 1. The number of rotatable bonds is 2. The van der Waals surface area contributed by atoms with Crippen molar-refractivity contribution in [2.45, 2.75) is 18.1 Å². The van der Waals surface area contributed by atoms with Crippen molar-refractivity contribution >= 4 is 23.5 Å². The molecule has 4 rings (SSSR count). The van der Waals surface area contributed by atoms with E-state index in [1.165, 1.54) is 6.07 Å². The fraction of sp³-hybridized carbons (Fsp3) is 0.348. The third kappa shape index (κ3) is 5.76. The van der Waals surface area contributed by atoms with Gasteiger partial charge in [0.1, 0.15) is 0 Å². The van der Waals surface area contributed by atoms with Crippen molar-refractivity contribution in [3.05, 3.63) is 65.7 Å². The first-order valence-corrected chi connectivity index (χ1v) is 10.5. The van der Waals surface area contributed by atoms with E-state index in [1.807, 2.05) is 42.3 Å². The van der Waals surface area contributed by atoms with Gasteiger partial charge in [0, 0.05) is 30.9 Å². The summed E-state index contributed by atoms with van der Waals surface area (Å²) in [5.74, 6) is -5.07. The number of amides is 2. The molecule has 2 amide bonds. The summed E-state index contributed by atoms with van der Waals surface area (Å²) in [5, 5.41) is 7.12. The molecule has 2 aromatic rings. The molecule has 0 aromatic heterocycles. The number of alkyl halides is 3. The number of nitrogens with zero attached hydrogens (tertiary/aromatic N) is 3. The normalized spacial score (nSPS) is 20.6. The van der Waals surface area contributed by atoms with E-state index in [0.29, 0.717) is 26.1 Å². The average molecular weight is 499 g/mol. The molecule has 1 unspecified atom stereocenters. The smallest absolute Gasteiger partial charge is 0.475 e. The molecule has 188 valence electrons. The molecule has 0 radical (unpaired) electrons. The summed E-state index contributed by atoms with van der Waals surface area (Å²) >= 11 is 0. The maximum atomic E-state index is 13.5. The Kier molecular flexibility index (Phi) is 7.44. The van der Waals surface area contributed by atoms with Crippen molar-refractivity contribution in [3.63, 3.8) is 0 Å². The lowest BCUT2D eigenvalue weighted by Crippen LogP contribution is -2.64. The van der Waals surface area contributed by atoms with Crippen LogP contribution in [-0.2, 0) is 9.59 Å². The molecule has 35 heavy (non-hydrogen) atoms. The van der Waals surface area contributed by atoms with E-state index in [4.69, 9.17) is 9.90 Å². The van der Waals surface area contributed by atoms with Crippen LogP contribution in [0.4, 0.5) is 27.6 Å². The Balaban J connectivity index is 0.000000429. The zero-order valence-corrected chi connectivity index (χ0v) is 18.6. The van der Waals surface area contributed by atoms with Gasteiger partial charge in [-0.25, -0.2) is 13.6 Å². The minimum Gasteiger partial charge on any atom is -0.475 e. The molecule has 2 aliphatic heterocycles. The average Bonchev–Trinajstić information content (AvgIpc) is 3.23. The fourth-order valence-corrected chi connectivity index (χ4v) is 4.08. The largest absolute Gasteiger partial charge is 0.490 e. The number of carbonyl (C=O) groups excluding carboxylic acids is 2. The summed E-state index contributed by atoms with van der Waals surface area (Å²) < 4.78 is 58.4. The number of para-hydroxylation sites is 1. The summed E-state index contributed by atoms with van der Waals surface area (Å²) in [4.78, 5) is 39.7. The van der Waals surface area contributed by atoms with Crippen molar-refractivity contribution in [2.24, 2.45) is 0 Å². The number of likely N-dealkylation sites (tertiary alicyclic amines) is 1. The van der Waals surface area contributed by atoms with Crippen molar-refractivity contribution < 1.29 is 41.4 Å². The first-order chi connectivity index (χ1) is 16.3. The lowest BCUT2D eigenvalue weighted by Gasteiger charge is -2.46. The minimum absolute atomic E-state index is 0.0182. The van der Waals surface area contributed by atoms with Gasteiger partial charge < -0.3 is 14.9 Å². The second-order valence-corrected chi connectivity index (χ2v) is 8.30. The van der Waals surface area contributed by atoms with Crippen molar-refractivity contribution in [2.75, 3.05) is 38.1 Å². The van der Waals surface area contributed by atoms with Crippen LogP contribution in [0.5, 0.6) is 0 Å². The quantitative estimate of drug-likeness (QED) is 0.643. The predicted octanol–water partition coefficient (Wildman–Crippen LogP) is 3.16. The number of hydrogen-bond acceptors (Lipinski definition) is 4. The van der Waals surface area contributed by atoms with E-state index < -0.39 is 23.8 Å². The van der Waals surface area contributed by atoms with E-state index in [-0.39, 0.29) is 29.5 Å². The monoisotopic (exact) mass is 499 g/mol. The Labute approximate surface area is 197 Å². The first-order valence-electron chi connectivity index (χ1n) is 10.5. The lowest BCUT2D eigenvalue weighted by molar-refractivity contribution is -0.192. The van der Waals surface area contributed by atoms with Crippen LogP contribution in [0.3, 0.4) is 0 Å². The van der Waals surface area contributed by atoms with E-state index >= 15 is 0 Å². The second kappa shape index (κ2) is 9.98. The van der Waals surface area contributed by atoms with E-state index in [9.17, 15) is 31.5 Å². The summed E-state index contributed by atoms with van der Waals surface area (Å²) in [5.41, 5.74) is 0.605. The van der Waals surface area contributed by atoms with Crippen LogP contribution in [0.25, 0.3) is 0 Å². The fourth-order valence-electron chi connectivity index (χ4n) is 4.08. The van der Waals surface area contributed by atoms with Gasteiger partial charge in [-0.2, -0.15) is 13.2 Å². The number of anilines is 1. The number of halogens is 5. The third-order valence-corrected chi connectivity index (χ3v) is 6.03. The molecular formula is C23H22F5N3O4. The number of carboxylic acids is 1. The van der Waals surface area contributed by atoms with Gasteiger partial charge in [-0.3, -0.25) is 14.5 Å². The second-order valence-electron chi connectivity index (χ2n) is 8.30. The van der Waals surface area contributed by atoms with Gasteiger partial charge in [-0.1, -0.05) is 18.2 Å². The summed E-state index contributed by atoms with van der Waals surface area (Å²) in [6, 6.07) is 12.7. The first kappa shape index (κ1) is 26.1. The highest BCUT2D eigenvalue weighted by atomic mass is 19.4. The number of hydrogen-bond donors (Lipinski definition) is 1. The maximum absolute atomic E-state index is 13.5. The Bertz CT molecular complexity index is 1110. The summed E-state index contributed by atoms with van der Waals surface area (Å²) in [6.07, 6.45) is -4.38. The van der Waals surface area contributed by atoms with Gasteiger partial charge in [0.25, 0.3) is 5.91 Å². The van der Waals surface area contributed by atoms with Gasteiger partial charge in [-0.05, 0) is 43.8 Å². The molecule has 1 atom stereocenters. The lowest BCUT2D eigenvalue weighted by atomic mass is 9.92. The Morgan fingerprint density at radius 3 is 2.20 bits per heavy atom. The van der Waals surface area contributed by atoms with Crippen LogP contribution in [0, 0.1) is 11.6 Å². The maximum Gasteiger partial charge on any atom is 0.490 e. The molecule has 2 aromatic carbocycles. The number of carboxylic acid groups (broad SMARTS) is 1. The van der Waals surface area contributed by atoms with Crippen molar-refractivity contribution in [1.82, 2.24) is 9.80 Å². The zero-order chi connectivity index (χ0) is 26.0. The van der Waals surface area contributed by atoms with Gasteiger partial charge in [0.2, 0.25) is 5.91 Å². The molecule has 2 aliphatic rings. The van der Waals surface area contributed by atoms with E-state index in [2.05, 4.69) is 0 Å². The summed E-state index contributed by atoms with van der Waals surface area (Å²) in [6.45, 7) is 1.67. The molecule has 7 nitrogen and oxygen atoms in total. The van der Waals surface area contributed by atoms with E-state index in [1.54, 1.807) is 9.80 Å². The van der Waals surface area contributed by atoms with Gasteiger partial charge in [0.05, 0.1) is 12.1 Å². The number of carbonyl (C=O) groups is 3. The van der Waals surface area contributed by atoms with Crippen LogP contribution in [0.1, 0.15) is 16.8 Å².